The first-order chi connectivity index (χ1) is 9.29. The van der Waals surface area contributed by atoms with Crippen LogP contribution in [0, 0.1) is 0 Å². The van der Waals surface area contributed by atoms with Crippen molar-refractivity contribution in [1.82, 2.24) is 4.57 Å². The van der Waals surface area contributed by atoms with E-state index >= 15 is 0 Å². The van der Waals surface area contributed by atoms with Crippen molar-refractivity contribution in [1.29, 1.82) is 0 Å². The van der Waals surface area contributed by atoms with E-state index in [4.69, 9.17) is 11.6 Å². The topological polar surface area (TPSA) is 22.0 Å². The molecule has 0 saturated carbocycles. The van der Waals surface area contributed by atoms with Crippen molar-refractivity contribution in [3.05, 3.63) is 70.9 Å². The fourth-order valence-electron chi connectivity index (χ4n) is 2.33. The van der Waals surface area contributed by atoms with Crippen LogP contribution in [0.3, 0.4) is 0 Å². The van der Waals surface area contributed by atoms with Crippen LogP contribution >= 0.6 is 11.6 Å². The van der Waals surface area contributed by atoms with E-state index in [1.54, 1.807) is 0 Å². The van der Waals surface area contributed by atoms with Gasteiger partial charge in [-0.15, -0.1) is 0 Å². The van der Waals surface area contributed by atoms with Crippen LogP contribution in [-0.2, 0) is 6.54 Å². The first-order valence-electron chi connectivity index (χ1n) is 6.06. The average molecular weight is 270 g/mol. The van der Waals surface area contributed by atoms with Crippen molar-refractivity contribution in [2.75, 3.05) is 0 Å². The van der Waals surface area contributed by atoms with Crippen molar-refractivity contribution in [3.63, 3.8) is 0 Å². The second kappa shape index (κ2) is 4.90. The summed E-state index contributed by atoms with van der Waals surface area (Å²) < 4.78 is 2.06. The van der Waals surface area contributed by atoms with Crippen molar-refractivity contribution in [2.24, 2.45) is 0 Å². The van der Waals surface area contributed by atoms with Gasteiger partial charge in [0.2, 0.25) is 0 Å². The molecule has 0 N–H and O–H groups in total. The van der Waals surface area contributed by atoms with Gasteiger partial charge in [0.25, 0.3) is 0 Å². The number of nitrogens with zero attached hydrogens (tertiary/aromatic N) is 1. The predicted molar refractivity (Wildman–Crippen MR) is 77.9 cm³/mol. The molecule has 1 aromatic heterocycles. The number of aromatic nitrogens is 1. The summed E-state index contributed by atoms with van der Waals surface area (Å²) in [5, 5.41) is 1.81. The molecule has 0 saturated heterocycles. The Labute approximate surface area is 116 Å². The lowest BCUT2D eigenvalue weighted by molar-refractivity contribution is 0.112. The van der Waals surface area contributed by atoms with Gasteiger partial charge in [0.05, 0.1) is 5.52 Å². The van der Waals surface area contributed by atoms with Crippen LogP contribution in [0.4, 0.5) is 0 Å². The van der Waals surface area contributed by atoms with Gasteiger partial charge in [0.15, 0.2) is 6.29 Å². The number of hydrogen-bond acceptors (Lipinski definition) is 1. The van der Waals surface area contributed by atoms with Gasteiger partial charge in [-0.2, -0.15) is 0 Å². The Kier molecular flexibility index (Phi) is 3.10. The lowest BCUT2D eigenvalue weighted by Crippen LogP contribution is -2.00. The first-order valence-corrected chi connectivity index (χ1v) is 6.44. The van der Waals surface area contributed by atoms with E-state index in [1.807, 2.05) is 54.7 Å². The van der Waals surface area contributed by atoms with Gasteiger partial charge in [-0.1, -0.05) is 41.9 Å². The van der Waals surface area contributed by atoms with Crippen LogP contribution in [-0.4, -0.2) is 10.9 Å². The second-order valence-electron chi connectivity index (χ2n) is 4.44. The number of hydrogen-bond donors (Lipinski definition) is 0. The fraction of sp³-hybridized carbons (Fsp3) is 0.0625. The predicted octanol–water partition coefficient (Wildman–Crippen LogP) is 4.16. The quantitative estimate of drug-likeness (QED) is 0.655. The molecule has 0 fully saturated rings. The summed E-state index contributed by atoms with van der Waals surface area (Å²) in [5.41, 5.74) is 2.70. The lowest BCUT2D eigenvalue weighted by atomic mass is 10.1. The lowest BCUT2D eigenvalue weighted by Gasteiger charge is -2.08. The normalized spacial score (nSPS) is 10.8. The molecule has 3 heteroatoms. The molecule has 2 nitrogen and oxygen atoms in total. The highest BCUT2D eigenvalue weighted by Gasteiger charge is 2.07. The van der Waals surface area contributed by atoms with E-state index in [0.717, 1.165) is 27.8 Å². The summed E-state index contributed by atoms with van der Waals surface area (Å²) >= 11 is 6.18. The Morgan fingerprint density at radius 3 is 2.68 bits per heavy atom. The Morgan fingerprint density at radius 2 is 1.89 bits per heavy atom. The standard InChI is InChI=1S/C16H12ClNO/c17-15-7-2-1-4-13(15)10-18-9-8-12-5-3-6-14(11-19)16(12)18/h1-9,11H,10H2. The minimum absolute atomic E-state index is 0.661. The van der Waals surface area contributed by atoms with Crippen molar-refractivity contribution in [3.8, 4) is 0 Å². The molecule has 0 amide bonds. The number of halogens is 1. The van der Waals surface area contributed by atoms with Gasteiger partial charge in [-0.25, -0.2) is 0 Å². The summed E-state index contributed by atoms with van der Waals surface area (Å²) in [7, 11) is 0. The third-order valence-corrected chi connectivity index (χ3v) is 3.61. The summed E-state index contributed by atoms with van der Waals surface area (Å²) in [4.78, 5) is 11.2. The van der Waals surface area contributed by atoms with Gasteiger partial charge >= 0.3 is 0 Å². The number of aldehydes is 1. The summed E-state index contributed by atoms with van der Waals surface area (Å²) in [6, 6.07) is 15.5. The van der Waals surface area contributed by atoms with E-state index in [9.17, 15) is 4.79 Å². The maximum Gasteiger partial charge on any atom is 0.152 e. The molecule has 2 aromatic carbocycles. The molecule has 3 aromatic rings. The second-order valence-corrected chi connectivity index (χ2v) is 4.85. The monoisotopic (exact) mass is 269 g/mol. The van der Waals surface area contributed by atoms with Crippen molar-refractivity contribution >= 4 is 28.8 Å². The average Bonchev–Trinajstić information content (AvgIpc) is 2.85. The number of carbonyl (C=O) groups is 1. The minimum atomic E-state index is 0.661. The van der Waals surface area contributed by atoms with Gasteiger partial charge in [-0.05, 0) is 23.8 Å². The molecular weight excluding hydrogens is 258 g/mol. The molecular formula is C16H12ClNO. The molecule has 0 unspecified atom stereocenters. The summed E-state index contributed by atoms with van der Waals surface area (Å²) in [5.74, 6) is 0. The molecule has 3 rings (SSSR count). The van der Waals surface area contributed by atoms with E-state index in [0.29, 0.717) is 12.1 Å². The number of fused-ring (bicyclic) bond motifs is 1. The highest BCUT2D eigenvalue weighted by atomic mass is 35.5. The van der Waals surface area contributed by atoms with Crippen LogP contribution in [0.5, 0.6) is 0 Å². The Hall–Kier alpha value is -2.06. The number of carbonyl (C=O) groups excluding carboxylic acids is 1. The number of benzene rings is 2. The summed E-state index contributed by atoms with van der Waals surface area (Å²) in [6.45, 7) is 0.661. The number of rotatable bonds is 3. The molecule has 0 radical (unpaired) electrons. The molecule has 0 atom stereocenters. The molecule has 1 heterocycles. The molecule has 0 aliphatic rings. The molecule has 0 spiro atoms. The molecule has 0 aliphatic heterocycles. The maximum atomic E-state index is 11.2. The molecule has 0 aliphatic carbocycles. The Balaban J connectivity index is 2.11. The van der Waals surface area contributed by atoms with Gasteiger partial charge < -0.3 is 4.57 Å². The SMILES string of the molecule is O=Cc1cccc2ccn(Cc3ccccc3Cl)c12. The highest BCUT2D eigenvalue weighted by molar-refractivity contribution is 6.31. The highest BCUT2D eigenvalue weighted by Crippen LogP contribution is 2.22. The maximum absolute atomic E-state index is 11.2. The number of para-hydroxylation sites is 1. The minimum Gasteiger partial charge on any atom is -0.342 e. The zero-order valence-electron chi connectivity index (χ0n) is 10.2. The smallest absolute Gasteiger partial charge is 0.152 e. The Morgan fingerprint density at radius 1 is 1.05 bits per heavy atom. The van der Waals surface area contributed by atoms with E-state index < -0.39 is 0 Å². The summed E-state index contributed by atoms with van der Waals surface area (Å²) in [6.07, 6.45) is 2.88. The van der Waals surface area contributed by atoms with Crippen LogP contribution < -0.4 is 0 Å². The van der Waals surface area contributed by atoms with Gasteiger partial charge in [0, 0.05) is 28.7 Å². The Bertz CT molecular complexity index is 745. The van der Waals surface area contributed by atoms with E-state index in [1.165, 1.54) is 0 Å². The van der Waals surface area contributed by atoms with E-state index in [-0.39, 0.29) is 0 Å². The largest absolute Gasteiger partial charge is 0.342 e. The molecule has 0 bridgehead atoms. The van der Waals surface area contributed by atoms with E-state index in [2.05, 4.69) is 4.57 Å². The zero-order valence-corrected chi connectivity index (χ0v) is 11.0. The fourth-order valence-corrected chi connectivity index (χ4v) is 2.52. The van der Waals surface area contributed by atoms with Crippen molar-refractivity contribution < 1.29 is 4.79 Å². The van der Waals surface area contributed by atoms with Crippen LogP contribution in [0.1, 0.15) is 15.9 Å². The third kappa shape index (κ3) is 2.15. The molecule has 94 valence electrons. The van der Waals surface area contributed by atoms with Crippen LogP contribution in [0.2, 0.25) is 5.02 Å². The van der Waals surface area contributed by atoms with Gasteiger partial charge in [-0.3, -0.25) is 4.79 Å². The van der Waals surface area contributed by atoms with Crippen LogP contribution in [0.15, 0.2) is 54.7 Å². The van der Waals surface area contributed by atoms with Crippen LogP contribution in [0.25, 0.3) is 10.9 Å². The zero-order chi connectivity index (χ0) is 13.2. The third-order valence-electron chi connectivity index (χ3n) is 3.25. The van der Waals surface area contributed by atoms with Gasteiger partial charge in [0.1, 0.15) is 0 Å². The first kappa shape index (κ1) is 12.0. The molecule has 19 heavy (non-hydrogen) atoms. The van der Waals surface area contributed by atoms with Crippen molar-refractivity contribution in [2.45, 2.75) is 6.54 Å².